The number of likely N-dealkylation sites (tertiary alicyclic amines) is 1. The summed E-state index contributed by atoms with van der Waals surface area (Å²) in [5.41, 5.74) is 2.86. The fourth-order valence-corrected chi connectivity index (χ4v) is 4.67. The molecule has 0 amide bonds. The van der Waals surface area contributed by atoms with E-state index in [0.29, 0.717) is 0 Å². The van der Waals surface area contributed by atoms with Gasteiger partial charge in [-0.15, -0.1) is 0 Å². The van der Waals surface area contributed by atoms with Gasteiger partial charge in [0.2, 0.25) is 0 Å². The molecule has 4 rings (SSSR count). The van der Waals surface area contributed by atoms with E-state index in [2.05, 4.69) is 0 Å². The summed E-state index contributed by atoms with van der Waals surface area (Å²) in [5.74, 6) is 0.900. The van der Waals surface area contributed by atoms with E-state index in [1.54, 1.807) is 15.4 Å². The zero-order valence-corrected chi connectivity index (χ0v) is 13.9. The molecular formula is C19H26N3O+. The van der Waals surface area contributed by atoms with E-state index in [-0.39, 0.29) is 5.56 Å². The van der Waals surface area contributed by atoms with E-state index in [1.165, 1.54) is 45.1 Å². The number of fused-ring (bicyclic) bond motifs is 2. The van der Waals surface area contributed by atoms with Crippen molar-refractivity contribution in [2.75, 3.05) is 6.54 Å². The Labute approximate surface area is 137 Å². The van der Waals surface area contributed by atoms with Crippen molar-refractivity contribution >= 4 is 5.65 Å². The van der Waals surface area contributed by atoms with Crippen LogP contribution in [0.25, 0.3) is 5.65 Å². The first-order chi connectivity index (χ1) is 11.2. The first-order valence-electron chi connectivity index (χ1n) is 9.04. The van der Waals surface area contributed by atoms with Gasteiger partial charge in [0.1, 0.15) is 17.9 Å². The normalized spacial score (nSPS) is 27.8. The van der Waals surface area contributed by atoms with Gasteiger partial charge in [0, 0.05) is 18.2 Å². The van der Waals surface area contributed by atoms with Crippen LogP contribution in [-0.2, 0) is 6.54 Å². The number of quaternary nitrogens is 1. The van der Waals surface area contributed by atoms with Gasteiger partial charge in [0.05, 0.1) is 12.6 Å². The number of aryl methyl sites for hydroxylation is 1. The van der Waals surface area contributed by atoms with Crippen LogP contribution in [0, 0.1) is 12.8 Å². The molecule has 4 nitrogen and oxygen atoms in total. The molecule has 1 aliphatic heterocycles. The second-order valence-electron chi connectivity index (χ2n) is 7.40. The Kier molecular flexibility index (Phi) is 3.93. The van der Waals surface area contributed by atoms with Crippen molar-refractivity contribution in [3.63, 3.8) is 0 Å². The lowest BCUT2D eigenvalue weighted by Crippen LogP contribution is -3.16. The van der Waals surface area contributed by atoms with E-state index in [1.807, 2.05) is 25.3 Å². The van der Waals surface area contributed by atoms with Crippen LogP contribution in [0.3, 0.4) is 0 Å². The van der Waals surface area contributed by atoms with E-state index in [4.69, 9.17) is 4.98 Å². The Morgan fingerprint density at radius 1 is 1.22 bits per heavy atom. The lowest BCUT2D eigenvalue weighted by Gasteiger charge is -2.41. The Hall–Kier alpha value is -1.68. The predicted molar refractivity (Wildman–Crippen MR) is 90.7 cm³/mol. The molecule has 1 N–H and O–H groups in total. The number of pyridine rings is 1. The Bertz CT molecular complexity index is 765. The van der Waals surface area contributed by atoms with Gasteiger partial charge >= 0.3 is 0 Å². The molecule has 1 saturated carbocycles. The number of nitrogens with zero attached hydrogens (tertiary/aromatic N) is 2. The third kappa shape index (κ3) is 2.92. The summed E-state index contributed by atoms with van der Waals surface area (Å²) in [4.78, 5) is 18.8. The SMILES string of the molecule is Cc1ccc2nc(C[NH+]3CCC[C@@H]4CCCC[C@@H]43)cc(=O)n2c1. The fraction of sp³-hybridized carbons (Fsp3) is 0.579. The van der Waals surface area contributed by atoms with Gasteiger partial charge in [0.25, 0.3) is 5.56 Å². The van der Waals surface area contributed by atoms with Crippen LogP contribution >= 0.6 is 0 Å². The highest BCUT2D eigenvalue weighted by molar-refractivity contribution is 5.39. The molecule has 2 aliphatic rings. The van der Waals surface area contributed by atoms with Crippen molar-refractivity contribution in [1.29, 1.82) is 0 Å². The zero-order chi connectivity index (χ0) is 15.8. The van der Waals surface area contributed by atoms with Gasteiger partial charge in [-0.25, -0.2) is 4.98 Å². The molecule has 2 aromatic rings. The number of rotatable bonds is 2. The lowest BCUT2D eigenvalue weighted by atomic mass is 9.78. The van der Waals surface area contributed by atoms with Crippen LogP contribution < -0.4 is 10.5 Å². The van der Waals surface area contributed by atoms with Crippen molar-refractivity contribution < 1.29 is 4.90 Å². The van der Waals surface area contributed by atoms with Gasteiger partial charge in [-0.2, -0.15) is 0 Å². The topological polar surface area (TPSA) is 38.8 Å². The summed E-state index contributed by atoms with van der Waals surface area (Å²) in [7, 11) is 0. The van der Waals surface area contributed by atoms with Crippen LogP contribution in [-0.4, -0.2) is 22.0 Å². The predicted octanol–water partition coefficient (Wildman–Crippen LogP) is 1.74. The molecule has 0 spiro atoms. The van der Waals surface area contributed by atoms with E-state index in [9.17, 15) is 4.79 Å². The molecule has 122 valence electrons. The van der Waals surface area contributed by atoms with Crippen LogP contribution in [0.4, 0.5) is 0 Å². The number of nitrogens with one attached hydrogen (secondary N) is 1. The number of piperidine rings is 1. The molecule has 3 heterocycles. The molecule has 23 heavy (non-hydrogen) atoms. The highest BCUT2D eigenvalue weighted by atomic mass is 16.1. The van der Waals surface area contributed by atoms with Crippen LogP contribution in [0.1, 0.15) is 49.8 Å². The minimum atomic E-state index is 0.0466. The molecule has 4 heteroatoms. The van der Waals surface area contributed by atoms with Gasteiger partial charge in [0.15, 0.2) is 0 Å². The molecule has 1 aliphatic carbocycles. The summed E-state index contributed by atoms with van der Waals surface area (Å²) in [6.45, 7) is 4.14. The maximum atomic E-state index is 12.4. The summed E-state index contributed by atoms with van der Waals surface area (Å²) in [6.07, 6.45) is 10.1. The minimum absolute atomic E-state index is 0.0466. The van der Waals surface area contributed by atoms with Crippen LogP contribution in [0.15, 0.2) is 29.2 Å². The zero-order valence-electron chi connectivity index (χ0n) is 13.9. The van der Waals surface area contributed by atoms with E-state index in [0.717, 1.165) is 35.4 Å². The monoisotopic (exact) mass is 312 g/mol. The molecule has 1 unspecified atom stereocenters. The minimum Gasteiger partial charge on any atom is -0.327 e. The fourth-order valence-electron chi connectivity index (χ4n) is 4.67. The standard InChI is InChI=1S/C19H25N3O/c1-14-8-9-18-20-16(11-19(23)22(18)12-14)13-21-10-4-6-15-5-2-3-7-17(15)21/h8-9,11-12,15,17H,2-7,10,13H2,1H3/p+1/t15-,17-/m0/s1. The first-order valence-corrected chi connectivity index (χ1v) is 9.04. The second kappa shape index (κ2) is 6.08. The van der Waals surface area contributed by atoms with E-state index >= 15 is 0 Å². The maximum Gasteiger partial charge on any atom is 0.258 e. The third-order valence-corrected chi connectivity index (χ3v) is 5.77. The summed E-state index contributed by atoms with van der Waals surface area (Å²) in [6, 6.07) is 6.51. The molecule has 0 aromatic carbocycles. The molecule has 2 aromatic heterocycles. The van der Waals surface area contributed by atoms with Gasteiger partial charge in [-0.1, -0.05) is 12.5 Å². The smallest absolute Gasteiger partial charge is 0.258 e. The van der Waals surface area contributed by atoms with Gasteiger partial charge in [-0.3, -0.25) is 9.20 Å². The average molecular weight is 312 g/mol. The molecule has 1 saturated heterocycles. The average Bonchev–Trinajstić information content (AvgIpc) is 2.56. The van der Waals surface area contributed by atoms with Crippen molar-refractivity contribution in [2.45, 2.75) is 58.0 Å². The van der Waals surface area contributed by atoms with Crippen LogP contribution in [0.2, 0.25) is 0 Å². The lowest BCUT2D eigenvalue weighted by molar-refractivity contribution is -0.949. The van der Waals surface area contributed by atoms with E-state index < -0.39 is 0 Å². The van der Waals surface area contributed by atoms with Crippen molar-refractivity contribution in [3.05, 3.63) is 46.0 Å². The quantitative estimate of drug-likeness (QED) is 0.917. The Morgan fingerprint density at radius 2 is 2.04 bits per heavy atom. The Balaban J connectivity index is 1.62. The highest BCUT2D eigenvalue weighted by Gasteiger charge is 2.36. The largest absolute Gasteiger partial charge is 0.327 e. The van der Waals surface area contributed by atoms with Crippen molar-refractivity contribution in [1.82, 2.24) is 9.38 Å². The molecule has 3 atom stereocenters. The maximum absolute atomic E-state index is 12.4. The molecular weight excluding hydrogens is 286 g/mol. The number of aromatic nitrogens is 2. The summed E-state index contributed by atoms with van der Waals surface area (Å²) >= 11 is 0. The molecule has 0 radical (unpaired) electrons. The van der Waals surface area contributed by atoms with Crippen molar-refractivity contribution in [3.8, 4) is 0 Å². The Morgan fingerprint density at radius 3 is 2.96 bits per heavy atom. The van der Waals surface area contributed by atoms with Gasteiger partial charge in [-0.05, 0) is 50.7 Å². The van der Waals surface area contributed by atoms with Gasteiger partial charge < -0.3 is 4.90 Å². The van der Waals surface area contributed by atoms with Crippen molar-refractivity contribution in [2.24, 2.45) is 5.92 Å². The number of hydrogen-bond donors (Lipinski definition) is 1. The highest BCUT2D eigenvalue weighted by Crippen LogP contribution is 2.28. The third-order valence-electron chi connectivity index (χ3n) is 5.77. The molecule has 2 fully saturated rings. The van der Waals surface area contributed by atoms with Crippen LogP contribution in [0.5, 0.6) is 0 Å². The second-order valence-corrected chi connectivity index (χ2v) is 7.40. The number of hydrogen-bond acceptors (Lipinski definition) is 2. The summed E-state index contributed by atoms with van der Waals surface area (Å²) in [5, 5.41) is 0. The first kappa shape index (κ1) is 14.9. The summed E-state index contributed by atoms with van der Waals surface area (Å²) < 4.78 is 1.66. The molecule has 0 bridgehead atoms.